The van der Waals surface area contributed by atoms with E-state index in [1.165, 1.54) is 16.8 Å². The van der Waals surface area contributed by atoms with Gasteiger partial charge in [-0.05, 0) is 60.7 Å². The first-order valence-electron chi connectivity index (χ1n) is 9.92. The minimum atomic E-state index is 0.688. The van der Waals surface area contributed by atoms with E-state index >= 15 is 0 Å². The van der Waals surface area contributed by atoms with Gasteiger partial charge in [-0.15, -0.1) is 0 Å². The molecule has 0 saturated carbocycles. The number of hydrogen-bond acceptors (Lipinski definition) is 4. The Bertz CT molecular complexity index is 1180. The van der Waals surface area contributed by atoms with Crippen LogP contribution in [-0.2, 0) is 19.4 Å². The number of ether oxygens (including phenoxy) is 2. The summed E-state index contributed by atoms with van der Waals surface area (Å²) in [6, 6.07) is 13.1. The Balaban J connectivity index is 1.75. The second-order valence-corrected chi connectivity index (χ2v) is 7.61. The van der Waals surface area contributed by atoms with Gasteiger partial charge in [-0.1, -0.05) is 6.07 Å². The topological polar surface area (TPSA) is 59.2 Å². The number of fused-ring (bicyclic) bond motifs is 4. The zero-order chi connectivity index (χ0) is 20.1. The van der Waals surface area contributed by atoms with E-state index in [0.29, 0.717) is 5.75 Å². The minimum absolute atomic E-state index is 0.688. The number of nitriles is 1. The van der Waals surface area contributed by atoms with Crippen molar-refractivity contribution >= 4 is 5.69 Å². The van der Waals surface area contributed by atoms with Gasteiger partial charge in [0.25, 0.3) is 0 Å². The predicted octanol–water partition coefficient (Wildman–Crippen LogP) is 4.54. The third-order valence-electron chi connectivity index (χ3n) is 6.21. The summed E-state index contributed by atoms with van der Waals surface area (Å²) in [5.74, 6) is 1.42. The highest BCUT2D eigenvalue weighted by molar-refractivity contribution is 5.87. The average molecular weight is 385 g/mol. The van der Waals surface area contributed by atoms with Crippen molar-refractivity contribution in [2.75, 3.05) is 26.1 Å². The monoisotopic (exact) mass is 385 g/mol. The van der Waals surface area contributed by atoms with E-state index in [2.05, 4.69) is 41.1 Å². The predicted molar refractivity (Wildman–Crippen MR) is 114 cm³/mol. The van der Waals surface area contributed by atoms with Gasteiger partial charge >= 0.3 is 0 Å². The van der Waals surface area contributed by atoms with E-state index in [0.717, 1.165) is 65.3 Å². The Morgan fingerprint density at radius 2 is 1.83 bits per heavy atom. The minimum Gasteiger partial charge on any atom is -0.493 e. The highest BCUT2D eigenvalue weighted by Crippen LogP contribution is 2.45. The number of aryl methyl sites for hydroxylation is 1. The first-order valence-corrected chi connectivity index (χ1v) is 9.92. The van der Waals surface area contributed by atoms with Crippen molar-refractivity contribution in [1.29, 1.82) is 5.26 Å². The molecule has 29 heavy (non-hydrogen) atoms. The van der Waals surface area contributed by atoms with E-state index in [1.807, 2.05) is 12.1 Å². The third kappa shape index (κ3) is 2.52. The standard InChI is InChI=1S/C24H23N3O2/c1-14-23(17-4-5-20-16(10-17)6-8-26-20)19(13-25)24-18-12-22(29-3)21(28-2)11-15(18)7-9-27(14)24/h4-5,10-12,26H,6-9H2,1-3H3. The summed E-state index contributed by atoms with van der Waals surface area (Å²) >= 11 is 0. The molecule has 1 N–H and O–H groups in total. The first kappa shape index (κ1) is 17.7. The second-order valence-electron chi connectivity index (χ2n) is 7.61. The largest absolute Gasteiger partial charge is 0.493 e. The lowest BCUT2D eigenvalue weighted by Gasteiger charge is -2.22. The van der Waals surface area contributed by atoms with Gasteiger partial charge in [0.2, 0.25) is 0 Å². The summed E-state index contributed by atoms with van der Waals surface area (Å²) in [7, 11) is 3.30. The van der Waals surface area contributed by atoms with Gasteiger partial charge in [-0.3, -0.25) is 0 Å². The number of aromatic nitrogens is 1. The summed E-state index contributed by atoms with van der Waals surface area (Å²) in [6.07, 6.45) is 1.92. The molecule has 0 amide bonds. The summed E-state index contributed by atoms with van der Waals surface area (Å²) in [5, 5.41) is 13.6. The molecule has 3 aromatic rings. The van der Waals surface area contributed by atoms with Crippen molar-refractivity contribution in [3.8, 4) is 40.0 Å². The molecule has 0 unspecified atom stereocenters. The van der Waals surface area contributed by atoms with Crippen LogP contribution in [0, 0.1) is 18.3 Å². The van der Waals surface area contributed by atoms with Crippen LogP contribution in [0.5, 0.6) is 11.5 Å². The molecule has 0 aliphatic carbocycles. The van der Waals surface area contributed by atoms with E-state index in [1.54, 1.807) is 14.2 Å². The van der Waals surface area contributed by atoms with Crippen LogP contribution in [0.3, 0.4) is 0 Å². The van der Waals surface area contributed by atoms with Crippen LogP contribution in [0.15, 0.2) is 30.3 Å². The van der Waals surface area contributed by atoms with Crippen LogP contribution in [0.25, 0.3) is 22.4 Å². The van der Waals surface area contributed by atoms with Crippen LogP contribution in [0.1, 0.15) is 22.4 Å². The van der Waals surface area contributed by atoms with Crippen molar-refractivity contribution in [1.82, 2.24) is 4.57 Å². The lowest BCUT2D eigenvalue weighted by atomic mass is 9.93. The van der Waals surface area contributed by atoms with Crippen molar-refractivity contribution in [2.45, 2.75) is 26.3 Å². The van der Waals surface area contributed by atoms with E-state index < -0.39 is 0 Å². The van der Waals surface area contributed by atoms with Gasteiger partial charge in [-0.2, -0.15) is 5.26 Å². The average Bonchev–Trinajstić information content (AvgIpc) is 3.34. The molecule has 0 bridgehead atoms. The number of hydrogen-bond donors (Lipinski definition) is 1. The van der Waals surface area contributed by atoms with Gasteiger partial charge in [0.05, 0.1) is 25.5 Å². The van der Waals surface area contributed by atoms with Crippen molar-refractivity contribution in [3.63, 3.8) is 0 Å². The fourth-order valence-corrected chi connectivity index (χ4v) is 4.80. The Morgan fingerprint density at radius 3 is 2.59 bits per heavy atom. The SMILES string of the molecule is COc1cc2c(cc1OC)-c1c(C#N)c(-c3ccc4c(c3)CCN4)c(C)n1CC2. The number of nitrogens with zero attached hydrogens (tertiary/aromatic N) is 2. The molecular formula is C24H23N3O2. The highest BCUT2D eigenvalue weighted by Gasteiger charge is 2.28. The Kier molecular flexibility index (Phi) is 4.02. The summed E-state index contributed by atoms with van der Waals surface area (Å²) in [6.45, 7) is 3.95. The number of benzene rings is 2. The molecule has 3 heterocycles. The van der Waals surface area contributed by atoms with Crippen LogP contribution < -0.4 is 14.8 Å². The molecule has 5 rings (SSSR count). The van der Waals surface area contributed by atoms with Crippen molar-refractivity contribution < 1.29 is 9.47 Å². The molecule has 5 nitrogen and oxygen atoms in total. The number of methoxy groups -OCH3 is 2. The van der Waals surface area contributed by atoms with Gasteiger partial charge < -0.3 is 19.4 Å². The molecule has 2 aromatic carbocycles. The van der Waals surface area contributed by atoms with Crippen LogP contribution in [0.2, 0.25) is 0 Å². The van der Waals surface area contributed by atoms with Crippen LogP contribution in [0.4, 0.5) is 5.69 Å². The van der Waals surface area contributed by atoms with E-state index in [-0.39, 0.29) is 0 Å². The molecule has 0 atom stereocenters. The molecule has 0 spiro atoms. The lowest BCUT2D eigenvalue weighted by Crippen LogP contribution is -2.12. The zero-order valence-corrected chi connectivity index (χ0v) is 16.9. The van der Waals surface area contributed by atoms with Gasteiger partial charge in [0.15, 0.2) is 11.5 Å². The van der Waals surface area contributed by atoms with Crippen LogP contribution >= 0.6 is 0 Å². The molecular weight excluding hydrogens is 362 g/mol. The van der Waals surface area contributed by atoms with Gasteiger partial charge in [0.1, 0.15) is 6.07 Å². The Labute approximate surface area is 170 Å². The summed E-state index contributed by atoms with van der Waals surface area (Å²) < 4.78 is 13.3. The Hall–Kier alpha value is -3.39. The normalized spacial score (nSPS) is 13.7. The lowest BCUT2D eigenvalue weighted by molar-refractivity contribution is 0.354. The summed E-state index contributed by atoms with van der Waals surface area (Å²) in [5.41, 5.74) is 9.80. The Morgan fingerprint density at radius 1 is 1.03 bits per heavy atom. The van der Waals surface area contributed by atoms with E-state index in [9.17, 15) is 5.26 Å². The zero-order valence-electron chi connectivity index (χ0n) is 16.9. The van der Waals surface area contributed by atoms with Crippen molar-refractivity contribution in [2.24, 2.45) is 0 Å². The molecule has 5 heteroatoms. The molecule has 2 aliphatic rings. The third-order valence-corrected chi connectivity index (χ3v) is 6.21. The highest BCUT2D eigenvalue weighted by atomic mass is 16.5. The molecule has 0 fully saturated rings. The maximum atomic E-state index is 10.2. The summed E-state index contributed by atoms with van der Waals surface area (Å²) in [4.78, 5) is 0. The maximum Gasteiger partial charge on any atom is 0.161 e. The number of rotatable bonds is 3. The molecule has 0 saturated heterocycles. The molecule has 1 aromatic heterocycles. The van der Waals surface area contributed by atoms with Crippen LogP contribution in [-0.4, -0.2) is 25.3 Å². The van der Waals surface area contributed by atoms with Crippen molar-refractivity contribution in [3.05, 3.63) is 52.7 Å². The smallest absolute Gasteiger partial charge is 0.161 e. The molecule has 2 aliphatic heterocycles. The first-order chi connectivity index (χ1) is 14.2. The maximum absolute atomic E-state index is 10.2. The van der Waals surface area contributed by atoms with Gasteiger partial charge in [-0.25, -0.2) is 0 Å². The van der Waals surface area contributed by atoms with E-state index in [4.69, 9.17) is 9.47 Å². The van der Waals surface area contributed by atoms with Gasteiger partial charge in [0, 0.05) is 35.6 Å². The fourth-order valence-electron chi connectivity index (χ4n) is 4.80. The quantitative estimate of drug-likeness (QED) is 0.719. The second kappa shape index (κ2) is 6.59. The molecule has 0 radical (unpaired) electrons. The number of nitrogens with one attached hydrogen (secondary N) is 1. The fraction of sp³-hybridized carbons (Fsp3) is 0.292. The molecule has 146 valence electrons. The number of anilines is 1.